The fourth-order valence-electron chi connectivity index (χ4n) is 5.51. The highest BCUT2D eigenvalue weighted by molar-refractivity contribution is 5.99. The molecule has 2 aromatic rings. The number of carbonyl (C=O) groups is 2. The quantitative estimate of drug-likeness (QED) is 0.558. The minimum atomic E-state index is -1.00. The fourth-order valence-corrected chi connectivity index (χ4v) is 5.51. The molecule has 2 aliphatic heterocycles. The lowest BCUT2D eigenvalue weighted by Gasteiger charge is -2.36. The first kappa shape index (κ1) is 22.0. The van der Waals surface area contributed by atoms with Crippen LogP contribution in [0.1, 0.15) is 39.9 Å². The number of nitrogens with zero attached hydrogens (tertiary/aromatic N) is 2. The summed E-state index contributed by atoms with van der Waals surface area (Å²) >= 11 is 0. The number of halogens is 1. The zero-order valence-corrected chi connectivity index (χ0v) is 18.5. The van der Waals surface area contributed by atoms with Gasteiger partial charge < -0.3 is 15.5 Å². The number of carboxylic acids is 1. The van der Waals surface area contributed by atoms with Gasteiger partial charge in [0, 0.05) is 31.2 Å². The molecule has 1 saturated heterocycles. The summed E-state index contributed by atoms with van der Waals surface area (Å²) in [6.07, 6.45) is 0.200. The van der Waals surface area contributed by atoms with E-state index >= 15 is 0 Å². The number of rotatable bonds is 7. The zero-order chi connectivity index (χ0) is 23.3. The van der Waals surface area contributed by atoms with Gasteiger partial charge in [-0.2, -0.15) is 0 Å². The highest BCUT2D eigenvalue weighted by Gasteiger charge is 2.62. The Morgan fingerprint density at radius 3 is 2.88 bits per heavy atom. The standard InChI is InChI=1S/C25H28FN3O4/c1-28(23(31)10-15-5-6-16-12-22(30)27-20(16)9-15)25(13-21(25)29-8-7-19(26)14-29)18-4-2-3-17(11-18)24(32)33/h2-6,9,11,19,21,23,31H,7-8,10,12-14H2,1H3,(H,27,30)(H,32,33)/t19-,21?,23?,25?/m0/s1. The minimum Gasteiger partial charge on any atom is -0.478 e. The summed E-state index contributed by atoms with van der Waals surface area (Å²) in [5.41, 5.74) is 3.04. The van der Waals surface area contributed by atoms with Crippen LogP contribution in [0, 0.1) is 0 Å². The van der Waals surface area contributed by atoms with Crippen LogP contribution in [0.15, 0.2) is 42.5 Å². The summed E-state index contributed by atoms with van der Waals surface area (Å²) in [4.78, 5) is 27.3. The number of aliphatic hydroxyl groups is 1. The fraction of sp³-hybridized carbons (Fsp3) is 0.440. The van der Waals surface area contributed by atoms with Crippen LogP contribution in [0.5, 0.6) is 0 Å². The van der Waals surface area contributed by atoms with Crippen LogP contribution in [-0.2, 0) is 23.2 Å². The molecule has 7 nitrogen and oxygen atoms in total. The first-order valence-electron chi connectivity index (χ1n) is 11.3. The number of amides is 1. The Morgan fingerprint density at radius 1 is 1.33 bits per heavy atom. The molecule has 3 unspecified atom stereocenters. The van der Waals surface area contributed by atoms with Crippen molar-refractivity contribution in [3.8, 4) is 0 Å². The minimum absolute atomic E-state index is 0.00116. The third-order valence-corrected chi connectivity index (χ3v) is 7.40. The SMILES string of the molecule is CN(C(O)Cc1ccc2c(c1)NC(=O)C2)C1(c2cccc(C(=O)O)c2)CC1N1CC[C@H](F)C1. The van der Waals surface area contributed by atoms with Crippen LogP contribution < -0.4 is 5.32 Å². The monoisotopic (exact) mass is 453 g/mol. The van der Waals surface area contributed by atoms with Gasteiger partial charge >= 0.3 is 5.97 Å². The van der Waals surface area contributed by atoms with Gasteiger partial charge in [-0.3, -0.25) is 14.6 Å². The topological polar surface area (TPSA) is 93.1 Å². The molecule has 8 heteroatoms. The van der Waals surface area contributed by atoms with Gasteiger partial charge in [0.25, 0.3) is 0 Å². The van der Waals surface area contributed by atoms with Crippen molar-refractivity contribution >= 4 is 17.6 Å². The highest BCUT2D eigenvalue weighted by Crippen LogP contribution is 2.55. The van der Waals surface area contributed by atoms with Crippen LogP contribution in [-0.4, -0.2) is 70.5 Å². The molecule has 5 rings (SSSR count). The molecule has 2 aromatic carbocycles. The second kappa shape index (κ2) is 8.20. The highest BCUT2D eigenvalue weighted by atomic mass is 19.1. The number of fused-ring (bicyclic) bond motifs is 1. The van der Waals surface area contributed by atoms with Crippen molar-refractivity contribution in [1.82, 2.24) is 9.80 Å². The summed E-state index contributed by atoms with van der Waals surface area (Å²) in [6.45, 7) is 1.01. The second-order valence-corrected chi connectivity index (χ2v) is 9.42. The lowest BCUT2D eigenvalue weighted by molar-refractivity contribution is -0.115. The van der Waals surface area contributed by atoms with Crippen molar-refractivity contribution in [3.05, 3.63) is 64.7 Å². The van der Waals surface area contributed by atoms with Gasteiger partial charge in [-0.25, -0.2) is 9.18 Å². The van der Waals surface area contributed by atoms with E-state index in [0.29, 0.717) is 38.8 Å². The lowest BCUT2D eigenvalue weighted by Crippen LogP contribution is -2.46. The third kappa shape index (κ3) is 3.92. The number of carboxylic acid groups (broad SMARTS) is 1. The average Bonchev–Trinajstić information content (AvgIpc) is 3.22. The van der Waals surface area contributed by atoms with E-state index < -0.39 is 23.9 Å². The summed E-state index contributed by atoms with van der Waals surface area (Å²) in [5, 5.41) is 23.6. The number of anilines is 1. The lowest BCUT2D eigenvalue weighted by atomic mass is 9.98. The van der Waals surface area contributed by atoms with Crippen molar-refractivity contribution in [2.75, 3.05) is 25.5 Å². The van der Waals surface area contributed by atoms with E-state index in [4.69, 9.17) is 0 Å². The van der Waals surface area contributed by atoms with Crippen LogP contribution in [0.25, 0.3) is 0 Å². The van der Waals surface area contributed by atoms with E-state index in [1.165, 1.54) is 0 Å². The first-order chi connectivity index (χ1) is 15.8. The van der Waals surface area contributed by atoms with Gasteiger partial charge in [0.2, 0.25) is 5.91 Å². The normalized spacial score (nSPS) is 27.5. The third-order valence-electron chi connectivity index (χ3n) is 7.40. The van der Waals surface area contributed by atoms with Gasteiger partial charge in [0.1, 0.15) is 12.4 Å². The van der Waals surface area contributed by atoms with E-state index in [0.717, 1.165) is 22.4 Å². The molecule has 3 aliphatic rings. The molecule has 1 aliphatic carbocycles. The summed E-state index contributed by atoms with van der Waals surface area (Å²) in [7, 11) is 1.84. The summed E-state index contributed by atoms with van der Waals surface area (Å²) < 4.78 is 14.0. The number of likely N-dealkylation sites (N-methyl/N-ethyl adjacent to an activating group) is 1. The molecule has 1 amide bonds. The first-order valence-corrected chi connectivity index (χ1v) is 11.3. The Bertz CT molecular complexity index is 1110. The van der Waals surface area contributed by atoms with Crippen LogP contribution in [0.4, 0.5) is 10.1 Å². The Balaban J connectivity index is 1.42. The number of hydrogen-bond donors (Lipinski definition) is 3. The number of aliphatic hydroxyl groups excluding tert-OH is 1. The predicted molar refractivity (Wildman–Crippen MR) is 121 cm³/mol. The Morgan fingerprint density at radius 2 is 2.15 bits per heavy atom. The molecule has 174 valence electrons. The van der Waals surface area contributed by atoms with Gasteiger partial charge in [-0.15, -0.1) is 0 Å². The van der Waals surface area contributed by atoms with Gasteiger partial charge in [0.15, 0.2) is 0 Å². The maximum absolute atomic E-state index is 14.0. The molecule has 2 heterocycles. The number of aromatic carboxylic acids is 1. The van der Waals surface area contributed by atoms with Crippen LogP contribution in [0.2, 0.25) is 0 Å². The van der Waals surface area contributed by atoms with Crippen LogP contribution >= 0.6 is 0 Å². The number of carbonyl (C=O) groups excluding carboxylic acids is 1. The second-order valence-electron chi connectivity index (χ2n) is 9.42. The molecule has 2 fully saturated rings. The maximum atomic E-state index is 14.0. The van der Waals surface area contributed by atoms with Crippen LogP contribution in [0.3, 0.4) is 0 Å². The number of benzene rings is 2. The number of nitrogens with one attached hydrogen (secondary N) is 1. The van der Waals surface area contributed by atoms with Gasteiger partial charge in [-0.1, -0.05) is 24.3 Å². The Kier molecular flexibility index (Phi) is 5.47. The van der Waals surface area contributed by atoms with E-state index in [9.17, 15) is 24.2 Å². The van der Waals surface area contributed by atoms with Crippen molar-refractivity contribution in [2.24, 2.45) is 0 Å². The van der Waals surface area contributed by atoms with Crippen molar-refractivity contribution < 1.29 is 24.2 Å². The summed E-state index contributed by atoms with van der Waals surface area (Å²) in [6, 6.07) is 12.6. The van der Waals surface area contributed by atoms with Crippen molar-refractivity contribution in [2.45, 2.75) is 49.7 Å². The van der Waals surface area contributed by atoms with E-state index in [1.807, 2.05) is 36.2 Å². The average molecular weight is 454 g/mol. The largest absolute Gasteiger partial charge is 0.478 e. The molecule has 4 atom stereocenters. The molecule has 33 heavy (non-hydrogen) atoms. The van der Waals surface area contributed by atoms with E-state index in [-0.39, 0.29) is 17.5 Å². The Hall–Kier alpha value is -2.81. The molecular weight excluding hydrogens is 425 g/mol. The molecule has 3 N–H and O–H groups in total. The smallest absolute Gasteiger partial charge is 0.335 e. The van der Waals surface area contributed by atoms with Crippen molar-refractivity contribution in [1.29, 1.82) is 0 Å². The van der Waals surface area contributed by atoms with Crippen molar-refractivity contribution in [3.63, 3.8) is 0 Å². The molecule has 0 radical (unpaired) electrons. The number of alkyl halides is 1. The van der Waals surface area contributed by atoms with E-state index in [1.54, 1.807) is 18.2 Å². The molecule has 1 saturated carbocycles. The molecule has 0 spiro atoms. The summed E-state index contributed by atoms with van der Waals surface area (Å²) in [5.74, 6) is -1.03. The predicted octanol–water partition coefficient (Wildman–Crippen LogP) is 2.38. The number of hydrogen-bond acceptors (Lipinski definition) is 5. The van der Waals surface area contributed by atoms with E-state index in [2.05, 4.69) is 10.2 Å². The Labute approximate surface area is 191 Å². The molecule has 0 bridgehead atoms. The zero-order valence-electron chi connectivity index (χ0n) is 18.5. The maximum Gasteiger partial charge on any atom is 0.335 e. The molecular formula is C25H28FN3O4. The van der Waals surface area contributed by atoms with Gasteiger partial charge in [0.05, 0.1) is 17.5 Å². The molecule has 0 aromatic heterocycles. The van der Waals surface area contributed by atoms with Gasteiger partial charge in [-0.05, 0) is 54.8 Å². The number of likely N-dealkylation sites (tertiary alicyclic amines) is 1.